The number of ether oxygens (including phenoxy) is 3. The third-order valence-electron chi connectivity index (χ3n) is 5.70. The van der Waals surface area contributed by atoms with Gasteiger partial charge in [-0.3, -0.25) is 0 Å². The topological polar surface area (TPSA) is 112 Å². The van der Waals surface area contributed by atoms with Gasteiger partial charge in [0.25, 0.3) is 0 Å². The average Bonchev–Trinajstić information content (AvgIpc) is 3.40. The van der Waals surface area contributed by atoms with Gasteiger partial charge in [0.2, 0.25) is 0 Å². The molecule has 4 N–H and O–H groups in total. The Morgan fingerprint density at radius 2 is 2.07 bits per heavy atom. The molecule has 1 aromatic heterocycles. The van der Waals surface area contributed by atoms with Crippen molar-refractivity contribution >= 4 is 34.9 Å². The van der Waals surface area contributed by atoms with Gasteiger partial charge in [-0.25, -0.2) is 9.97 Å². The number of aliphatic hydroxyl groups is 1. The minimum atomic E-state index is -0.506. The van der Waals surface area contributed by atoms with Gasteiger partial charge in [-0.15, -0.1) is 0 Å². The quantitative estimate of drug-likeness (QED) is 0.316. The molecule has 0 bridgehead atoms. The molecule has 2 saturated carbocycles. The first-order valence-corrected chi connectivity index (χ1v) is 11.7. The summed E-state index contributed by atoms with van der Waals surface area (Å²) in [5.74, 6) is 0.920. The van der Waals surface area contributed by atoms with Crippen molar-refractivity contribution in [2.24, 2.45) is 0 Å². The van der Waals surface area contributed by atoms with Crippen LogP contribution in [0.25, 0.3) is 0 Å². The summed E-state index contributed by atoms with van der Waals surface area (Å²) in [6, 6.07) is -0.0824. The number of nitrogens with one attached hydrogen (secondary N) is 1. The van der Waals surface area contributed by atoms with Crippen LogP contribution in [0.4, 0.5) is 11.5 Å². The molecule has 2 heterocycles. The van der Waals surface area contributed by atoms with E-state index < -0.39 is 5.79 Å². The summed E-state index contributed by atoms with van der Waals surface area (Å²) >= 11 is 7.80. The van der Waals surface area contributed by atoms with Crippen molar-refractivity contribution in [2.45, 2.75) is 80.7 Å². The molecule has 4 atom stereocenters. The van der Waals surface area contributed by atoms with Crippen LogP contribution in [0, 0.1) is 0 Å². The molecule has 2 aliphatic carbocycles. The van der Waals surface area contributed by atoms with Crippen LogP contribution in [0.2, 0.25) is 5.15 Å². The molecule has 1 aromatic rings. The van der Waals surface area contributed by atoms with Gasteiger partial charge >= 0.3 is 0 Å². The number of thioether (sulfide) groups is 1. The zero-order valence-electron chi connectivity index (χ0n) is 16.6. The summed E-state index contributed by atoms with van der Waals surface area (Å²) in [6.07, 6.45) is 5.19. The molecule has 0 radical (unpaired) electrons. The van der Waals surface area contributed by atoms with E-state index in [1.165, 1.54) is 0 Å². The van der Waals surface area contributed by atoms with E-state index in [1.54, 1.807) is 11.8 Å². The van der Waals surface area contributed by atoms with Gasteiger partial charge < -0.3 is 30.4 Å². The monoisotopic (exact) mass is 444 g/mol. The van der Waals surface area contributed by atoms with Crippen molar-refractivity contribution in [3.8, 4) is 0 Å². The number of nitrogen functional groups attached to an aromatic ring is 1. The van der Waals surface area contributed by atoms with Crippen molar-refractivity contribution in [3.05, 3.63) is 5.15 Å². The highest BCUT2D eigenvalue weighted by atomic mass is 35.5. The van der Waals surface area contributed by atoms with Gasteiger partial charge in [-0.2, -0.15) is 0 Å². The smallest absolute Gasteiger partial charge is 0.191 e. The largest absolute Gasteiger partial charge is 0.394 e. The molecule has 4 rings (SSSR count). The molecule has 0 aromatic carbocycles. The molecule has 29 heavy (non-hydrogen) atoms. The van der Waals surface area contributed by atoms with Gasteiger partial charge in [-0.1, -0.05) is 30.3 Å². The van der Waals surface area contributed by atoms with E-state index in [1.807, 2.05) is 0 Å². The first-order chi connectivity index (χ1) is 14.0. The minimum absolute atomic E-state index is 0.0234. The van der Waals surface area contributed by atoms with E-state index in [9.17, 15) is 5.11 Å². The number of rotatable bonds is 8. The predicted molar refractivity (Wildman–Crippen MR) is 112 cm³/mol. The molecule has 0 amide bonds. The van der Waals surface area contributed by atoms with Crippen LogP contribution in [-0.4, -0.2) is 64.2 Å². The molecule has 162 valence electrons. The summed E-state index contributed by atoms with van der Waals surface area (Å²) in [5.41, 5.74) is 6.49. The lowest BCUT2D eigenvalue weighted by Gasteiger charge is -2.27. The Bertz CT molecular complexity index is 722. The first-order valence-electron chi connectivity index (χ1n) is 10.4. The lowest BCUT2D eigenvalue weighted by molar-refractivity contribution is -0.187. The molecule has 1 spiro atoms. The van der Waals surface area contributed by atoms with E-state index in [2.05, 4.69) is 22.2 Å². The second-order valence-corrected chi connectivity index (χ2v) is 9.23. The highest BCUT2D eigenvalue weighted by Crippen LogP contribution is 2.48. The highest BCUT2D eigenvalue weighted by molar-refractivity contribution is 7.99. The summed E-state index contributed by atoms with van der Waals surface area (Å²) < 4.78 is 18.7. The number of anilines is 2. The number of aromatic nitrogens is 2. The number of hydrogen-bond donors (Lipinski definition) is 3. The van der Waals surface area contributed by atoms with Gasteiger partial charge in [0.1, 0.15) is 17.9 Å². The lowest BCUT2D eigenvalue weighted by Crippen LogP contribution is -2.35. The molecule has 0 unspecified atom stereocenters. The third-order valence-corrected chi connectivity index (χ3v) is 7.04. The fraction of sp³-hybridized carbons (Fsp3) is 0.789. The molecule has 1 saturated heterocycles. The fourth-order valence-electron chi connectivity index (χ4n) is 4.40. The van der Waals surface area contributed by atoms with Crippen LogP contribution < -0.4 is 11.1 Å². The van der Waals surface area contributed by atoms with E-state index in [4.69, 9.17) is 31.5 Å². The Balaban J connectivity index is 1.54. The van der Waals surface area contributed by atoms with Crippen molar-refractivity contribution in [3.63, 3.8) is 0 Å². The normalized spacial score (nSPS) is 30.2. The number of hydrogen-bond acceptors (Lipinski definition) is 9. The van der Waals surface area contributed by atoms with Gasteiger partial charge in [0.05, 0.1) is 25.4 Å². The predicted octanol–water partition coefficient (Wildman–Crippen LogP) is 2.83. The molecule has 1 aliphatic heterocycles. The zero-order chi connectivity index (χ0) is 20.4. The summed E-state index contributed by atoms with van der Waals surface area (Å²) in [6.45, 7) is 2.35. The number of halogens is 1. The van der Waals surface area contributed by atoms with Gasteiger partial charge in [0, 0.05) is 18.6 Å². The third kappa shape index (κ3) is 4.45. The Morgan fingerprint density at radius 1 is 1.31 bits per heavy atom. The maximum atomic E-state index is 9.18. The van der Waals surface area contributed by atoms with Crippen LogP contribution in [0.3, 0.4) is 0 Å². The van der Waals surface area contributed by atoms with E-state index in [0.717, 1.165) is 37.9 Å². The zero-order valence-corrected chi connectivity index (χ0v) is 18.2. The van der Waals surface area contributed by atoms with Gasteiger partial charge in [-0.05, 0) is 25.7 Å². The molecule has 8 nitrogen and oxygen atoms in total. The Hall–Kier alpha value is -0.840. The molecule has 3 fully saturated rings. The summed E-state index contributed by atoms with van der Waals surface area (Å²) in [7, 11) is 0. The number of aliphatic hydroxyl groups excluding tert-OH is 1. The first kappa shape index (κ1) is 21.4. The standard InChI is InChI=1S/C19H29ClN4O4S/c1-2-9-29-18-23-16(20)13(21)17(24-18)22-11-10-12(26-8-7-25)15-14(11)27-19(28-15)5-3-4-6-19/h11-12,14-15,25H,2-10,21H2,1H3,(H,22,23,24)/t11-,12+,14+,15-/m1/s1. The van der Waals surface area contributed by atoms with Crippen LogP contribution in [0.5, 0.6) is 0 Å². The Kier molecular flexibility index (Phi) is 6.72. The van der Waals surface area contributed by atoms with Crippen molar-refractivity contribution in [1.82, 2.24) is 9.97 Å². The molecule has 3 aliphatic rings. The minimum Gasteiger partial charge on any atom is -0.394 e. The van der Waals surface area contributed by atoms with Gasteiger partial charge in [0.15, 0.2) is 21.9 Å². The average molecular weight is 445 g/mol. The second-order valence-electron chi connectivity index (χ2n) is 7.81. The van der Waals surface area contributed by atoms with Crippen molar-refractivity contribution in [2.75, 3.05) is 30.0 Å². The maximum absolute atomic E-state index is 9.18. The fourth-order valence-corrected chi connectivity index (χ4v) is 5.32. The van der Waals surface area contributed by atoms with Crippen LogP contribution >= 0.6 is 23.4 Å². The van der Waals surface area contributed by atoms with E-state index >= 15 is 0 Å². The second kappa shape index (κ2) is 9.11. The molecule has 10 heteroatoms. The maximum Gasteiger partial charge on any atom is 0.191 e. The van der Waals surface area contributed by atoms with E-state index in [0.29, 0.717) is 23.1 Å². The number of nitrogens with two attached hydrogens (primary N) is 1. The summed E-state index contributed by atoms with van der Waals surface area (Å²) in [5, 5.41) is 13.5. The Morgan fingerprint density at radius 3 is 2.79 bits per heavy atom. The molecular weight excluding hydrogens is 416 g/mol. The SMILES string of the molecule is CCCSc1nc(Cl)c(N)c(N[C@@H]2C[C@H](OCCO)[C@H]3OC4(CCCC4)O[C@H]32)n1. The summed E-state index contributed by atoms with van der Waals surface area (Å²) in [4.78, 5) is 8.85. The van der Waals surface area contributed by atoms with Crippen molar-refractivity contribution in [1.29, 1.82) is 0 Å². The van der Waals surface area contributed by atoms with Crippen LogP contribution in [0.1, 0.15) is 45.4 Å². The highest BCUT2D eigenvalue weighted by Gasteiger charge is 2.58. The van der Waals surface area contributed by atoms with Crippen LogP contribution in [-0.2, 0) is 14.2 Å². The molecular formula is C19H29ClN4O4S. The number of fused-ring (bicyclic) bond motifs is 1. The van der Waals surface area contributed by atoms with Crippen LogP contribution in [0.15, 0.2) is 5.16 Å². The van der Waals surface area contributed by atoms with Crippen molar-refractivity contribution < 1.29 is 19.3 Å². The Labute approximate surface area is 180 Å². The van der Waals surface area contributed by atoms with E-state index in [-0.39, 0.29) is 42.7 Å². The lowest BCUT2D eigenvalue weighted by atomic mass is 10.2. The number of nitrogens with zero attached hydrogens (tertiary/aromatic N) is 2.